The summed E-state index contributed by atoms with van der Waals surface area (Å²) < 4.78 is 39.8. The number of sulfonamides is 1. The molecule has 2 aromatic carbocycles. The van der Waals surface area contributed by atoms with Crippen LogP contribution in [0.25, 0.3) is 0 Å². The van der Waals surface area contributed by atoms with Gasteiger partial charge < -0.3 is 4.90 Å². The van der Waals surface area contributed by atoms with E-state index in [2.05, 4.69) is 4.72 Å². The molecule has 1 amide bonds. The summed E-state index contributed by atoms with van der Waals surface area (Å²) in [6.07, 6.45) is 0.455. The van der Waals surface area contributed by atoms with Crippen molar-refractivity contribution in [2.75, 3.05) is 20.6 Å². The van der Waals surface area contributed by atoms with Crippen molar-refractivity contribution in [3.8, 4) is 0 Å². The summed E-state index contributed by atoms with van der Waals surface area (Å²) >= 11 is 0. The number of hydrogen-bond acceptors (Lipinski definition) is 3. The molecule has 0 fully saturated rings. The minimum atomic E-state index is -3.65. The first kappa shape index (κ1) is 18.1. The highest BCUT2D eigenvalue weighted by atomic mass is 32.2. The van der Waals surface area contributed by atoms with Gasteiger partial charge in [0.15, 0.2) is 0 Å². The average molecular weight is 350 g/mol. The fraction of sp³-hybridized carbons (Fsp3) is 0.235. The number of nitrogens with zero attached hydrogens (tertiary/aromatic N) is 1. The van der Waals surface area contributed by atoms with Crippen LogP contribution in [0, 0.1) is 5.82 Å². The smallest absolute Gasteiger partial charge is 0.253 e. The second-order valence-electron chi connectivity index (χ2n) is 5.50. The first-order chi connectivity index (χ1) is 11.3. The fourth-order valence-corrected chi connectivity index (χ4v) is 3.13. The zero-order valence-corrected chi connectivity index (χ0v) is 14.3. The molecule has 0 spiro atoms. The van der Waals surface area contributed by atoms with Crippen LogP contribution in [0.3, 0.4) is 0 Å². The molecular weight excluding hydrogens is 331 g/mol. The predicted octanol–water partition coefficient (Wildman–Crippen LogP) is 2.05. The Morgan fingerprint density at radius 2 is 1.62 bits per heavy atom. The quantitative estimate of drug-likeness (QED) is 0.867. The minimum Gasteiger partial charge on any atom is -0.345 e. The van der Waals surface area contributed by atoms with Crippen molar-refractivity contribution in [3.05, 3.63) is 65.5 Å². The Morgan fingerprint density at radius 1 is 1.04 bits per heavy atom. The Bertz CT molecular complexity index is 801. The maximum atomic E-state index is 12.8. The Balaban J connectivity index is 1.99. The average Bonchev–Trinajstić information content (AvgIpc) is 2.56. The molecule has 0 aliphatic heterocycles. The zero-order chi connectivity index (χ0) is 17.7. The van der Waals surface area contributed by atoms with E-state index in [1.54, 1.807) is 26.2 Å². The van der Waals surface area contributed by atoms with Crippen molar-refractivity contribution in [3.63, 3.8) is 0 Å². The minimum absolute atomic E-state index is 0.0944. The van der Waals surface area contributed by atoms with E-state index in [9.17, 15) is 17.6 Å². The predicted molar refractivity (Wildman–Crippen MR) is 89.8 cm³/mol. The molecule has 5 nitrogen and oxygen atoms in total. The van der Waals surface area contributed by atoms with E-state index in [1.165, 1.54) is 41.3 Å². The summed E-state index contributed by atoms with van der Waals surface area (Å²) in [6.45, 7) is 0.201. The lowest BCUT2D eigenvalue weighted by Gasteiger charge is -2.11. The third-order valence-corrected chi connectivity index (χ3v) is 4.91. The highest BCUT2D eigenvalue weighted by Gasteiger charge is 2.15. The number of benzene rings is 2. The normalized spacial score (nSPS) is 11.3. The largest absolute Gasteiger partial charge is 0.345 e. The molecule has 2 rings (SSSR count). The summed E-state index contributed by atoms with van der Waals surface area (Å²) in [5, 5.41) is 0. The lowest BCUT2D eigenvalue weighted by molar-refractivity contribution is 0.0827. The van der Waals surface area contributed by atoms with Crippen molar-refractivity contribution in [2.24, 2.45) is 0 Å². The van der Waals surface area contributed by atoms with Gasteiger partial charge in [-0.2, -0.15) is 0 Å². The van der Waals surface area contributed by atoms with Crippen LogP contribution in [0.5, 0.6) is 0 Å². The maximum Gasteiger partial charge on any atom is 0.253 e. The van der Waals surface area contributed by atoms with Gasteiger partial charge >= 0.3 is 0 Å². The number of hydrogen-bond donors (Lipinski definition) is 1. The van der Waals surface area contributed by atoms with Gasteiger partial charge in [0.1, 0.15) is 5.82 Å². The highest BCUT2D eigenvalue weighted by molar-refractivity contribution is 7.89. The van der Waals surface area contributed by atoms with Crippen molar-refractivity contribution >= 4 is 15.9 Å². The van der Waals surface area contributed by atoms with E-state index in [1.807, 2.05) is 0 Å². The molecule has 1 N–H and O–H groups in total. The SMILES string of the molecule is CN(C)C(=O)c1ccc(S(=O)(=O)NCCc2ccc(F)cc2)cc1. The first-order valence-electron chi connectivity index (χ1n) is 7.35. The molecule has 0 radical (unpaired) electrons. The Hall–Kier alpha value is -2.25. The van der Waals surface area contributed by atoms with Crippen molar-refractivity contribution in [2.45, 2.75) is 11.3 Å². The molecule has 2 aromatic rings. The van der Waals surface area contributed by atoms with Crippen LogP contribution in [0.1, 0.15) is 15.9 Å². The van der Waals surface area contributed by atoms with Gasteiger partial charge in [-0.25, -0.2) is 17.5 Å². The number of nitrogens with one attached hydrogen (secondary N) is 1. The van der Waals surface area contributed by atoms with Crippen molar-refractivity contribution in [1.82, 2.24) is 9.62 Å². The van der Waals surface area contributed by atoms with E-state index in [4.69, 9.17) is 0 Å². The number of rotatable bonds is 6. The summed E-state index contributed by atoms with van der Waals surface area (Å²) in [7, 11) is -0.392. The third kappa shape index (κ3) is 4.62. The molecule has 0 aliphatic rings. The topological polar surface area (TPSA) is 66.5 Å². The van der Waals surface area contributed by atoms with Crippen molar-refractivity contribution < 1.29 is 17.6 Å². The van der Waals surface area contributed by atoms with Crippen LogP contribution < -0.4 is 4.72 Å². The molecule has 128 valence electrons. The molecule has 0 aliphatic carbocycles. The van der Waals surface area contributed by atoms with Crippen LogP contribution in [0.2, 0.25) is 0 Å². The summed E-state index contributed by atoms with van der Waals surface area (Å²) in [5.74, 6) is -0.519. The Kier molecular flexibility index (Phi) is 5.69. The van der Waals surface area contributed by atoms with Gasteiger partial charge in [0.05, 0.1) is 4.90 Å². The van der Waals surface area contributed by atoms with E-state index >= 15 is 0 Å². The maximum absolute atomic E-state index is 12.8. The van der Waals surface area contributed by atoms with Crippen LogP contribution in [0.4, 0.5) is 4.39 Å². The van der Waals surface area contributed by atoms with E-state index in [-0.39, 0.29) is 23.2 Å². The van der Waals surface area contributed by atoms with Crippen LogP contribution in [-0.4, -0.2) is 39.9 Å². The fourth-order valence-electron chi connectivity index (χ4n) is 2.10. The molecule has 0 bridgehead atoms. The Labute approximate surface area is 141 Å². The number of amides is 1. The van der Waals surface area contributed by atoms with Gasteiger partial charge in [-0.15, -0.1) is 0 Å². The summed E-state index contributed by atoms with van der Waals surface area (Å²) in [5.41, 5.74) is 1.26. The van der Waals surface area contributed by atoms with E-state index in [0.717, 1.165) is 5.56 Å². The lowest BCUT2D eigenvalue weighted by atomic mass is 10.1. The molecule has 0 atom stereocenters. The molecular formula is C17H19FN2O3S. The molecule has 24 heavy (non-hydrogen) atoms. The van der Waals surface area contributed by atoms with Gasteiger partial charge in [-0.05, 0) is 48.4 Å². The third-order valence-electron chi connectivity index (χ3n) is 3.44. The second kappa shape index (κ2) is 7.55. The standard InChI is InChI=1S/C17H19FN2O3S/c1-20(2)17(21)14-5-9-16(10-6-14)24(22,23)19-12-11-13-3-7-15(18)8-4-13/h3-10,19H,11-12H2,1-2H3. The molecule has 0 unspecified atom stereocenters. The first-order valence-corrected chi connectivity index (χ1v) is 8.84. The van der Waals surface area contributed by atoms with E-state index < -0.39 is 10.0 Å². The summed E-state index contributed by atoms with van der Waals surface area (Å²) in [4.78, 5) is 13.3. The van der Waals surface area contributed by atoms with Gasteiger partial charge in [0.25, 0.3) is 5.91 Å². The second-order valence-corrected chi connectivity index (χ2v) is 7.27. The van der Waals surface area contributed by atoms with Gasteiger partial charge in [-0.1, -0.05) is 12.1 Å². The molecule has 0 saturated heterocycles. The zero-order valence-electron chi connectivity index (χ0n) is 13.5. The molecule has 0 aromatic heterocycles. The van der Waals surface area contributed by atoms with Crippen LogP contribution in [0.15, 0.2) is 53.4 Å². The molecule has 0 saturated carbocycles. The van der Waals surface area contributed by atoms with E-state index in [0.29, 0.717) is 12.0 Å². The molecule has 7 heteroatoms. The number of halogens is 1. The highest BCUT2D eigenvalue weighted by Crippen LogP contribution is 2.12. The lowest BCUT2D eigenvalue weighted by Crippen LogP contribution is -2.26. The van der Waals surface area contributed by atoms with Gasteiger partial charge in [0, 0.05) is 26.2 Å². The van der Waals surface area contributed by atoms with Crippen LogP contribution >= 0.6 is 0 Å². The summed E-state index contributed by atoms with van der Waals surface area (Å²) in [6, 6.07) is 11.7. The van der Waals surface area contributed by atoms with Crippen LogP contribution in [-0.2, 0) is 16.4 Å². The molecule has 0 heterocycles. The Morgan fingerprint density at radius 3 is 2.17 bits per heavy atom. The number of carbonyl (C=O) groups excluding carboxylic acids is 1. The van der Waals surface area contributed by atoms with Crippen molar-refractivity contribution in [1.29, 1.82) is 0 Å². The van der Waals surface area contributed by atoms with Gasteiger partial charge in [0.2, 0.25) is 10.0 Å². The monoisotopic (exact) mass is 350 g/mol. The van der Waals surface area contributed by atoms with Gasteiger partial charge in [-0.3, -0.25) is 4.79 Å². The number of carbonyl (C=O) groups is 1.